The van der Waals surface area contributed by atoms with Crippen molar-refractivity contribution in [1.82, 2.24) is 4.90 Å². The van der Waals surface area contributed by atoms with E-state index in [9.17, 15) is 9.59 Å². The number of benzene rings is 1. The number of carbonyl (C=O) groups is 2. The molecule has 3 rings (SSSR count). The van der Waals surface area contributed by atoms with Crippen molar-refractivity contribution in [2.24, 2.45) is 0 Å². The minimum absolute atomic E-state index is 0.0854. The van der Waals surface area contributed by atoms with Gasteiger partial charge in [-0.05, 0) is 38.7 Å². The average Bonchev–Trinajstić information content (AvgIpc) is 3.10. The summed E-state index contributed by atoms with van der Waals surface area (Å²) in [4.78, 5) is 28.4. The number of fused-ring (bicyclic) bond motifs is 1. The molecule has 2 aromatic rings. The van der Waals surface area contributed by atoms with Crippen LogP contribution in [0.15, 0.2) is 30.3 Å². The maximum absolute atomic E-state index is 12.5. The van der Waals surface area contributed by atoms with Gasteiger partial charge in [0.1, 0.15) is 0 Å². The molecule has 0 aliphatic carbocycles. The highest BCUT2D eigenvalue weighted by Crippen LogP contribution is 2.34. The fourth-order valence-corrected chi connectivity index (χ4v) is 4.93. The van der Waals surface area contributed by atoms with Gasteiger partial charge in [-0.3, -0.25) is 14.5 Å². The molecule has 0 fully saturated rings. The predicted molar refractivity (Wildman–Crippen MR) is 112 cm³/mol. The number of unbranched alkanes of at least 4 members (excludes halogenated alkanes) is 6. The number of nitrogens with zero attached hydrogens (tertiary/aromatic N) is 1. The van der Waals surface area contributed by atoms with Crippen molar-refractivity contribution in [3.8, 4) is 0 Å². The van der Waals surface area contributed by atoms with Crippen molar-refractivity contribution >= 4 is 23.2 Å². The van der Waals surface area contributed by atoms with Crippen LogP contribution < -0.4 is 0 Å². The lowest BCUT2D eigenvalue weighted by Crippen LogP contribution is -2.31. The Bertz CT molecular complexity index is 758. The van der Waals surface area contributed by atoms with Crippen molar-refractivity contribution in [1.29, 1.82) is 0 Å². The van der Waals surface area contributed by atoms with Gasteiger partial charge in [0, 0.05) is 16.3 Å². The number of imide groups is 1. The lowest BCUT2D eigenvalue weighted by atomic mass is 10.0. The Kier molecular flexibility index (Phi) is 6.84. The van der Waals surface area contributed by atoms with E-state index < -0.39 is 0 Å². The third-order valence-corrected chi connectivity index (χ3v) is 6.39. The Morgan fingerprint density at radius 2 is 1.26 bits per heavy atom. The molecule has 0 saturated heterocycles. The topological polar surface area (TPSA) is 37.4 Å². The van der Waals surface area contributed by atoms with E-state index in [1.807, 2.05) is 13.8 Å². The van der Waals surface area contributed by atoms with E-state index >= 15 is 0 Å². The summed E-state index contributed by atoms with van der Waals surface area (Å²) in [5.74, 6) is -0.171. The summed E-state index contributed by atoms with van der Waals surface area (Å²) in [5.41, 5.74) is 2.73. The standard InChI is InChI=1S/C23H29NO2S/c1-17-20-21(18(2)27-17)23(26)24(22(20)25)16-12-7-5-3-4-6-9-13-19-14-10-8-11-15-19/h8,10-11,14-15H,3-7,9,12-13,16H2,1-2H3. The lowest BCUT2D eigenvalue weighted by molar-refractivity contribution is 0.0651. The van der Waals surface area contributed by atoms with Gasteiger partial charge in [0.25, 0.3) is 11.8 Å². The summed E-state index contributed by atoms with van der Waals surface area (Å²) in [6.07, 6.45) is 9.38. The molecule has 2 heterocycles. The van der Waals surface area contributed by atoms with Crippen LogP contribution >= 0.6 is 11.3 Å². The molecule has 144 valence electrons. The van der Waals surface area contributed by atoms with Crippen LogP contribution in [0, 0.1) is 13.8 Å². The van der Waals surface area contributed by atoms with E-state index in [2.05, 4.69) is 30.3 Å². The zero-order valence-electron chi connectivity index (χ0n) is 16.4. The van der Waals surface area contributed by atoms with Crippen LogP contribution in [-0.4, -0.2) is 23.3 Å². The number of thiophene rings is 1. The number of rotatable bonds is 10. The second-order valence-electron chi connectivity index (χ2n) is 7.44. The Morgan fingerprint density at radius 3 is 1.85 bits per heavy atom. The Hall–Kier alpha value is -1.94. The molecule has 0 radical (unpaired) electrons. The summed E-state index contributed by atoms with van der Waals surface area (Å²) in [6.45, 7) is 4.43. The zero-order chi connectivity index (χ0) is 19.2. The number of aryl methyl sites for hydroxylation is 3. The van der Waals surface area contributed by atoms with Crippen molar-refractivity contribution in [2.75, 3.05) is 6.54 Å². The van der Waals surface area contributed by atoms with Gasteiger partial charge in [0.05, 0.1) is 11.1 Å². The molecular weight excluding hydrogens is 354 g/mol. The molecule has 3 nitrogen and oxygen atoms in total. The van der Waals surface area contributed by atoms with E-state index in [1.165, 1.54) is 49.0 Å². The zero-order valence-corrected chi connectivity index (χ0v) is 17.2. The number of amides is 2. The van der Waals surface area contributed by atoms with Gasteiger partial charge in [0.2, 0.25) is 0 Å². The number of hydrogen-bond donors (Lipinski definition) is 0. The van der Waals surface area contributed by atoms with Crippen LogP contribution in [0.5, 0.6) is 0 Å². The van der Waals surface area contributed by atoms with Gasteiger partial charge in [-0.25, -0.2) is 0 Å². The molecular formula is C23H29NO2S. The van der Waals surface area contributed by atoms with E-state index in [0.29, 0.717) is 17.7 Å². The monoisotopic (exact) mass is 383 g/mol. The molecule has 0 N–H and O–H groups in total. The Morgan fingerprint density at radius 1 is 0.741 bits per heavy atom. The van der Waals surface area contributed by atoms with E-state index in [-0.39, 0.29) is 11.8 Å². The highest BCUT2D eigenvalue weighted by Gasteiger charge is 2.39. The molecule has 0 saturated carbocycles. The predicted octanol–water partition coefficient (Wildman–Crippen LogP) is 5.93. The van der Waals surface area contributed by atoms with Gasteiger partial charge in [0.15, 0.2) is 0 Å². The van der Waals surface area contributed by atoms with Crippen LogP contribution in [0.4, 0.5) is 0 Å². The lowest BCUT2D eigenvalue weighted by Gasteiger charge is -2.14. The van der Waals surface area contributed by atoms with Gasteiger partial charge in [-0.1, -0.05) is 62.4 Å². The molecule has 0 atom stereocenters. The quantitative estimate of drug-likeness (QED) is 0.376. The second kappa shape index (κ2) is 9.32. The second-order valence-corrected chi connectivity index (χ2v) is 8.87. The molecule has 0 bridgehead atoms. The first-order valence-electron chi connectivity index (χ1n) is 10.1. The molecule has 4 heteroatoms. The molecule has 0 spiro atoms. The number of carbonyl (C=O) groups excluding carboxylic acids is 2. The molecule has 2 amide bonds. The maximum atomic E-state index is 12.5. The minimum atomic E-state index is -0.0854. The fraction of sp³-hybridized carbons (Fsp3) is 0.478. The van der Waals surface area contributed by atoms with Crippen molar-refractivity contribution in [3.63, 3.8) is 0 Å². The molecule has 0 unspecified atom stereocenters. The van der Waals surface area contributed by atoms with Crippen LogP contribution in [0.2, 0.25) is 0 Å². The third kappa shape index (κ3) is 4.67. The molecule has 27 heavy (non-hydrogen) atoms. The SMILES string of the molecule is Cc1sc(C)c2c1C(=O)N(CCCCCCCCCc1ccccc1)C2=O. The molecule has 1 aromatic heterocycles. The van der Waals surface area contributed by atoms with Gasteiger partial charge in [-0.15, -0.1) is 11.3 Å². The van der Waals surface area contributed by atoms with Crippen molar-refractivity contribution in [3.05, 3.63) is 56.8 Å². The summed E-state index contributed by atoms with van der Waals surface area (Å²) in [7, 11) is 0. The van der Waals surface area contributed by atoms with E-state index in [0.717, 1.165) is 22.6 Å². The molecule has 1 aromatic carbocycles. The van der Waals surface area contributed by atoms with Crippen LogP contribution in [0.25, 0.3) is 0 Å². The molecule has 1 aliphatic rings. The van der Waals surface area contributed by atoms with Crippen molar-refractivity contribution in [2.45, 2.75) is 65.2 Å². The van der Waals surface area contributed by atoms with Crippen LogP contribution in [0.1, 0.15) is 81.0 Å². The van der Waals surface area contributed by atoms with Crippen molar-refractivity contribution < 1.29 is 9.59 Å². The smallest absolute Gasteiger partial charge is 0.262 e. The maximum Gasteiger partial charge on any atom is 0.262 e. The Balaban J connectivity index is 1.28. The first-order chi connectivity index (χ1) is 13.1. The fourth-order valence-electron chi connectivity index (χ4n) is 3.89. The minimum Gasteiger partial charge on any atom is -0.274 e. The number of hydrogen-bond acceptors (Lipinski definition) is 3. The summed E-state index contributed by atoms with van der Waals surface area (Å²) in [6, 6.07) is 10.7. The summed E-state index contributed by atoms with van der Waals surface area (Å²) >= 11 is 1.55. The first-order valence-corrected chi connectivity index (χ1v) is 10.9. The third-order valence-electron chi connectivity index (χ3n) is 5.37. The normalized spacial score (nSPS) is 13.5. The average molecular weight is 384 g/mol. The largest absolute Gasteiger partial charge is 0.274 e. The first kappa shape index (κ1) is 19.8. The highest BCUT2D eigenvalue weighted by atomic mass is 32.1. The Labute approximate surface area is 166 Å². The highest BCUT2D eigenvalue weighted by molar-refractivity contribution is 7.12. The molecule has 1 aliphatic heterocycles. The van der Waals surface area contributed by atoms with Gasteiger partial charge < -0.3 is 0 Å². The summed E-state index contributed by atoms with van der Waals surface area (Å²) in [5, 5.41) is 0. The van der Waals surface area contributed by atoms with E-state index in [1.54, 1.807) is 11.3 Å². The van der Waals surface area contributed by atoms with Gasteiger partial charge in [-0.2, -0.15) is 0 Å². The summed E-state index contributed by atoms with van der Waals surface area (Å²) < 4.78 is 0. The van der Waals surface area contributed by atoms with Crippen LogP contribution in [0.3, 0.4) is 0 Å². The van der Waals surface area contributed by atoms with E-state index in [4.69, 9.17) is 0 Å². The van der Waals surface area contributed by atoms with Crippen LogP contribution in [-0.2, 0) is 6.42 Å². The van der Waals surface area contributed by atoms with Gasteiger partial charge >= 0.3 is 0 Å².